The summed E-state index contributed by atoms with van der Waals surface area (Å²) in [5.74, 6) is -0.566. The number of hydrogen-bond donors (Lipinski definition) is 1. The molecule has 142 valence electrons. The van der Waals surface area contributed by atoms with Gasteiger partial charge in [0.05, 0.1) is 6.26 Å². The summed E-state index contributed by atoms with van der Waals surface area (Å²) in [5.41, 5.74) is 0. The third kappa shape index (κ3) is 9.86. The number of ether oxygens (including phenoxy) is 2. The Morgan fingerprint density at radius 3 is 2.32 bits per heavy atom. The molecule has 1 aromatic rings. The van der Waals surface area contributed by atoms with Crippen LogP contribution >= 0.6 is 23.2 Å². The molecule has 0 saturated carbocycles. The zero-order valence-corrected chi connectivity index (χ0v) is 16.1. The highest BCUT2D eigenvalue weighted by Gasteiger charge is 2.16. The van der Waals surface area contributed by atoms with Crippen molar-refractivity contribution in [1.29, 1.82) is 0 Å². The van der Waals surface area contributed by atoms with Crippen molar-refractivity contribution < 1.29 is 27.8 Å². The van der Waals surface area contributed by atoms with E-state index in [1.54, 1.807) is 18.2 Å². The van der Waals surface area contributed by atoms with Gasteiger partial charge in [-0.05, 0) is 31.0 Å². The summed E-state index contributed by atoms with van der Waals surface area (Å²) < 4.78 is 35.3. The molecular weight excluding hydrogens is 393 g/mol. The second kappa shape index (κ2) is 10.8. The zero-order valence-electron chi connectivity index (χ0n) is 13.8. The van der Waals surface area contributed by atoms with Crippen LogP contribution in [0.3, 0.4) is 0 Å². The number of carboxylic acids is 1. The van der Waals surface area contributed by atoms with Crippen LogP contribution in [0, 0.1) is 0 Å². The Morgan fingerprint density at radius 1 is 1.12 bits per heavy atom. The second-order valence-corrected chi connectivity index (χ2v) is 8.12. The monoisotopic (exact) mass is 413 g/mol. The Labute approximate surface area is 157 Å². The van der Waals surface area contributed by atoms with Gasteiger partial charge in [-0.3, -0.25) is 0 Å². The number of sulfonamides is 1. The molecule has 0 bridgehead atoms. The lowest BCUT2D eigenvalue weighted by Gasteiger charge is -2.20. The van der Waals surface area contributed by atoms with Gasteiger partial charge in [-0.25, -0.2) is 13.2 Å². The van der Waals surface area contributed by atoms with Crippen LogP contribution in [0.1, 0.15) is 12.8 Å². The standard InChI is InChI=1S/C15H21Cl2NO6S/c1-25(21,22)18(4-2-3-6-23-11-15(19)20)5-7-24-14-9-12(16)8-13(17)10-14/h8-10H,2-7,11H2,1H3,(H,19,20). The van der Waals surface area contributed by atoms with Gasteiger partial charge in [-0.2, -0.15) is 4.31 Å². The number of nitrogens with zero attached hydrogens (tertiary/aromatic N) is 1. The molecule has 0 unspecified atom stereocenters. The molecule has 1 N–H and O–H groups in total. The van der Waals surface area contributed by atoms with E-state index in [9.17, 15) is 13.2 Å². The van der Waals surface area contributed by atoms with E-state index >= 15 is 0 Å². The first-order valence-corrected chi connectivity index (χ1v) is 10.1. The first-order valence-electron chi connectivity index (χ1n) is 7.52. The Balaban J connectivity index is 2.39. The normalized spacial score (nSPS) is 11.7. The molecule has 0 aromatic heterocycles. The summed E-state index contributed by atoms with van der Waals surface area (Å²) in [4.78, 5) is 10.3. The van der Waals surface area contributed by atoms with Gasteiger partial charge in [0.1, 0.15) is 19.0 Å². The average Bonchev–Trinajstić information content (AvgIpc) is 2.46. The molecule has 0 saturated heterocycles. The van der Waals surface area contributed by atoms with E-state index < -0.39 is 16.0 Å². The minimum absolute atomic E-state index is 0.152. The van der Waals surface area contributed by atoms with Gasteiger partial charge in [-0.1, -0.05) is 23.2 Å². The smallest absolute Gasteiger partial charge is 0.329 e. The fourth-order valence-corrected chi connectivity index (χ4v) is 3.35. The highest BCUT2D eigenvalue weighted by Crippen LogP contribution is 2.24. The Morgan fingerprint density at radius 2 is 1.76 bits per heavy atom. The molecule has 0 atom stereocenters. The molecule has 0 aliphatic carbocycles. The first-order chi connectivity index (χ1) is 11.7. The van der Waals surface area contributed by atoms with E-state index in [0.29, 0.717) is 35.2 Å². The maximum atomic E-state index is 11.8. The molecule has 0 heterocycles. The molecule has 1 rings (SSSR count). The third-order valence-corrected chi connectivity index (χ3v) is 4.83. The second-order valence-electron chi connectivity index (χ2n) is 5.27. The lowest BCUT2D eigenvalue weighted by molar-refractivity contribution is -0.142. The molecule has 0 spiro atoms. The fraction of sp³-hybridized carbons (Fsp3) is 0.533. The fourth-order valence-electron chi connectivity index (χ4n) is 1.97. The number of carbonyl (C=O) groups is 1. The van der Waals surface area contributed by atoms with Gasteiger partial charge in [0.15, 0.2) is 0 Å². The van der Waals surface area contributed by atoms with Crippen molar-refractivity contribution >= 4 is 39.2 Å². The zero-order chi connectivity index (χ0) is 18.9. The largest absolute Gasteiger partial charge is 0.492 e. The van der Waals surface area contributed by atoms with Crippen molar-refractivity contribution in [2.75, 3.05) is 39.2 Å². The molecular formula is C15H21Cl2NO6S. The number of aliphatic carboxylic acids is 1. The summed E-state index contributed by atoms with van der Waals surface area (Å²) in [5, 5.41) is 9.32. The highest BCUT2D eigenvalue weighted by atomic mass is 35.5. The van der Waals surface area contributed by atoms with E-state index in [4.69, 9.17) is 37.8 Å². The summed E-state index contributed by atoms with van der Waals surface area (Å²) in [6.07, 6.45) is 2.24. The topological polar surface area (TPSA) is 93.1 Å². The third-order valence-electron chi connectivity index (χ3n) is 3.09. The van der Waals surface area contributed by atoms with Crippen LogP contribution in [-0.4, -0.2) is 63.0 Å². The molecule has 0 aliphatic rings. The van der Waals surface area contributed by atoms with Crippen molar-refractivity contribution in [2.45, 2.75) is 12.8 Å². The molecule has 1 aromatic carbocycles. The van der Waals surface area contributed by atoms with E-state index in [0.717, 1.165) is 6.26 Å². The van der Waals surface area contributed by atoms with E-state index in [1.807, 2.05) is 0 Å². The van der Waals surface area contributed by atoms with Crippen LogP contribution in [0.2, 0.25) is 10.0 Å². The summed E-state index contributed by atoms with van der Waals surface area (Å²) in [7, 11) is -3.38. The van der Waals surface area contributed by atoms with Crippen molar-refractivity contribution in [3.05, 3.63) is 28.2 Å². The van der Waals surface area contributed by atoms with E-state index in [1.165, 1.54) is 4.31 Å². The van der Waals surface area contributed by atoms with Crippen molar-refractivity contribution in [3.8, 4) is 5.75 Å². The van der Waals surface area contributed by atoms with Crippen LogP contribution in [0.4, 0.5) is 0 Å². The van der Waals surface area contributed by atoms with Gasteiger partial charge in [0, 0.05) is 29.7 Å². The lowest BCUT2D eigenvalue weighted by Crippen LogP contribution is -2.34. The first kappa shape index (κ1) is 22.0. The van der Waals surface area contributed by atoms with Crippen LogP contribution in [0.25, 0.3) is 0 Å². The molecule has 0 fully saturated rings. The molecule has 7 nitrogen and oxygen atoms in total. The van der Waals surface area contributed by atoms with Gasteiger partial charge < -0.3 is 14.6 Å². The summed E-state index contributed by atoms with van der Waals surface area (Å²) in [6, 6.07) is 4.77. The molecule has 0 amide bonds. The predicted molar refractivity (Wildman–Crippen MR) is 96.1 cm³/mol. The minimum Gasteiger partial charge on any atom is -0.492 e. The number of hydrogen-bond acceptors (Lipinski definition) is 5. The lowest BCUT2D eigenvalue weighted by atomic mass is 10.3. The molecule has 10 heteroatoms. The number of carboxylic acid groups (broad SMARTS) is 1. The SMILES string of the molecule is CS(=O)(=O)N(CCCCOCC(=O)O)CCOc1cc(Cl)cc(Cl)c1. The van der Waals surface area contributed by atoms with Crippen molar-refractivity contribution in [3.63, 3.8) is 0 Å². The van der Waals surface area contributed by atoms with Crippen LogP contribution in [0.15, 0.2) is 18.2 Å². The summed E-state index contributed by atoms with van der Waals surface area (Å²) in [6.45, 7) is 0.542. The van der Waals surface area contributed by atoms with Gasteiger partial charge in [0.25, 0.3) is 0 Å². The molecule has 0 radical (unpaired) electrons. The van der Waals surface area contributed by atoms with E-state index in [2.05, 4.69) is 0 Å². The van der Waals surface area contributed by atoms with Crippen molar-refractivity contribution in [1.82, 2.24) is 4.31 Å². The van der Waals surface area contributed by atoms with Gasteiger partial charge in [0.2, 0.25) is 10.0 Å². The number of rotatable bonds is 12. The summed E-state index contributed by atoms with van der Waals surface area (Å²) >= 11 is 11.7. The van der Waals surface area contributed by atoms with Gasteiger partial charge >= 0.3 is 5.97 Å². The van der Waals surface area contributed by atoms with Crippen molar-refractivity contribution in [2.24, 2.45) is 0 Å². The van der Waals surface area contributed by atoms with E-state index in [-0.39, 0.29) is 26.4 Å². The Hall–Kier alpha value is -1.06. The molecule has 0 aliphatic heterocycles. The minimum atomic E-state index is -3.38. The van der Waals surface area contributed by atoms with Crippen LogP contribution in [0.5, 0.6) is 5.75 Å². The molecule has 25 heavy (non-hydrogen) atoms. The van der Waals surface area contributed by atoms with Crippen LogP contribution < -0.4 is 4.74 Å². The highest BCUT2D eigenvalue weighted by molar-refractivity contribution is 7.88. The Bertz CT molecular complexity index is 648. The maximum Gasteiger partial charge on any atom is 0.329 e. The number of unbranched alkanes of at least 4 members (excludes halogenated alkanes) is 1. The maximum absolute atomic E-state index is 11.8. The average molecular weight is 414 g/mol. The Kier molecular flexibility index (Phi) is 9.52. The predicted octanol–water partition coefficient (Wildman–Crippen LogP) is 2.52. The number of benzene rings is 1. The number of halogens is 2. The van der Waals surface area contributed by atoms with Crippen LogP contribution in [-0.2, 0) is 19.6 Å². The van der Waals surface area contributed by atoms with Gasteiger partial charge in [-0.15, -0.1) is 0 Å². The quantitative estimate of drug-likeness (QED) is 0.529.